The lowest BCUT2D eigenvalue weighted by molar-refractivity contribution is -0.347. The number of ether oxygens (including phenoxy) is 6. The molecule has 15 nitrogen and oxygen atoms in total. The highest BCUT2D eigenvalue weighted by Gasteiger charge is 2.79. The van der Waals surface area contributed by atoms with Crippen LogP contribution in [0.1, 0.15) is 113 Å². The second-order valence-electron chi connectivity index (χ2n) is 19.0. The Bertz CT molecular complexity index is 1810. The number of alkyl carbamates (subject to hydrolysis) is 1. The minimum atomic E-state index is -1.88. The van der Waals surface area contributed by atoms with Gasteiger partial charge in [-0.15, -0.1) is 0 Å². The Hall–Kier alpha value is -4.05. The molecule has 15 heteroatoms. The zero-order valence-electron chi connectivity index (χ0n) is 36.3. The predicted octanol–water partition coefficient (Wildman–Crippen LogP) is 4.57. The van der Waals surface area contributed by atoms with Gasteiger partial charge in [0.2, 0.25) is 0 Å². The van der Waals surface area contributed by atoms with Crippen LogP contribution in [0.5, 0.6) is 0 Å². The van der Waals surface area contributed by atoms with E-state index in [2.05, 4.69) is 5.32 Å². The first kappa shape index (κ1) is 46.0. The van der Waals surface area contributed by atoms with E-state index in [4.69, 9.17) is 28.4 Å². The molecule has 12 atom stereocenters. The van der Waals surface area contributed by atoms with Crippen molar-refractivity contribution in [2.24, 2.45) is 28.6 Å². The number of carbonyl (C=O) groups excluding carboxylic acids is 5. The average Bonchev–Trinajstić information content (AvgIpc) is 3.37. The van der Waals surface area contributed by atoms with Gasteiger partial charge in [0.05, 0.1) is 41.3 Å². The van der Waals surface area contributed by atoms with Crippen molar-refractivity contribution in [2.75, 3.05) is 6.61 Å². The number of nitrogens with one attached hydrogen (secondary N) is 1. The van der Waals surface area contributed by atoms with E-state index in [0.717, 1.165) is 0 Å². The standard InChI is InChI=1S/C44H63NO14/c1-22(2)18-28(45-39(52)59-40(7,8)9)33(49)38(51)56-29-20-43(41(10,11)53)32(23(29)3)34(55-25(5)46)24(4)42(12)30(48)19-31-44(21-54-31,58-26(6)47)35(42)36(43)57-37(50)27-16-14-13-15-17-27/h13-17,22,24,28-31,33-36,48-49,53H,18-21H2,1-12H3,(H,45,52)/t24?,28-,29-,30-,31+,33+,34+,35-,36-,42+,43?,44-/m0/s1. The third-order valence-electron chi connectivity index (χ3n) is 13.1. The highest BCUT2D eigenvalue weighted by molar-refractivity contribution is 5.89. The van der Waals surface area contributed by atoms with Crippen molar-refractivity contribution in [1.29, 1.82) is 0 Å². The maximum atomic E-state index is 14.4. The van der Waals surface area contributed by atoms with E-state index in [1.807, 2.05) is 13.8 Å². The molecule has 4 aliphatic rings. The maximum absolute atomic E-state index is 14.4. The summed E-state index contributed by atoms with van der Waals surface area (Å²) in [5.41, 5.74) is -6.51. The number of esters is 4. The molecule has 1 amide bonds. The zero-order chi connectivity index (χ0) is 44.2. The summed E-state index contributed by atoms with van der Waals surface area (Å²) in [4.78, 5) is 67.5. The molecule has 1 aromatic rings. The number of amides is 1. The molecule has 1 heterocycles. The van der Waals surface area contributed by atoms with E-state index < -0.39 is 112 Å². The van der Waals surface area contributed by atoms with E-state index in [1.165, 1.54) is 27.7 Å². The normalized spacial score (nSPS) is 33.8. The van der Waals surface area contributed by atoms with Crippen LogP contribution in [0.3, 0.4) is 0 Å². The van der Waals surface area contributed by atoms with Crippen LogP contribution >= 0.6 is 0 Å². The minimum absolute atomic E-state index is 0.0390. The van der Waals surface area contributed by atoms with Gasteiger partial charge in [-0.05, 0) is 77.2 Å². The summed E-state index contributed by atoms with van der Waals surface area (Å²) in [5.74, 6) is -5.19. The van der Waals surface area contributed by atoms with Crippen molar-refractivity contribution in [1.82, 2.24) is 5.32 Å². The van der Waals surface area contributed by atoms with Crippen molar-refractivity contribution in [3.8, 4) is 0 Å². The van der Waals surface area contributed by atoms with Crippen LogP contribution in [0.2, 0.25) is 0 Å². The van der Waals surface area contributed by atoms with Crippen molar-refractivity contribution in [3.63, 3.8) is 0 Å². The van der Waals surface area contributed by atoms with Gasteiger partial charge in [0.25, 0.3) is 0 Å². The molecule has 5 rings (SSSR count). The molecule has 1 aliphatic heterocycles. The molecule has 3 aliphatic carbocycles. The van der Waals surface area contributed by atoms with Gasteiger partial charge in [-0.25, -0.2) is 14.4 Å². The Morgan fingerprint density at radius 3 is 2.12 bits per heavy atom. The maximum Gasteiger partial charge on any atom is 0.407 e. The SMILES string of the molecule is CC(=O)O[C@H]1C2=C(C)[C@@H](OC(=O)[C@H](O)[C@H](CC(C)C)NC(=O)OC(C)(C)C)CC2(C(C)(C)O)[C@@H](OC(=O)c2ccccc2)[C@@H]2[C@]3(OC(C)=O)CO[C@@H]3C[C@H](O)[C@@]2(C)C1C. The molecular weight excluding hydrogens is 766 g/mol. The zero-order valence-corrected chi connectivity index (χ0v) is 36.3. The van der Waals surface area contributed by atoms with Gasteiger partial charge in [0.1, 0.15) is 30.0 Å². The molecule has 2 unspecified atom stereocenters. The lowest BCUT2D eigenvalue weighted by Crippen LogP contribution is -2.78. The van der Waals surface area contributed by atoms with Gasteiger partial charge in [-0.1, -0.05) is 45.9 Å². The number of aliphatic hydroxyl groups excluding tert-OH is 2. The van der Waals surface area contributed by atoms with E-state index >= 15 is 0 Å². The Labute approximate surface area is 346 Å². The summed E-state index contributed by atoms with van der Waals surface area (Å²) < 4.78 is 36.7. The van der Waals surface area contributed by atoms with E-state index in [1.54, 1.807) is 71.9 Å². The molecule has 59 heavy (non-hydrogen) atoms. The molecule has 328 valence electrons. The molecule has 1 saturated heterocycles. The number of hydrogen-bond acceptors (Lipinski definition) is 14. The van der Waals surface area contributed by atoms with Crippen LogP contribution in [0.25, 0.3) is 0 Å². The number of rotatable bonds is 11. The van der Waals surface area contributed by atoms with Crippen LogP contribution in [0, 0.1) is 28.6 Å². The van der Waals surface area contributed by atoms with Crippen LogP contribution in [0.15, 0.2) is 41.5 Å². The first-order valence-corrected chi connectivity index (χ1v) is 20.4. The number of benzene rings is 1. The van der Waals surface area contributed by atoms with Gasteiger partial charge < -0.3 is 49.1 Å². The Morgan fingerprint density at radius 2 is 1.61 bits per heavy atom. The summed E-state index contributed by atoms with van der Waals surface area (Å²) >= 11 is 0. The Kier molecular flexibility index (Phi) is 12.8. The second kappa shape index (κ2) is 16.4. The number of hydrogen-bond donors (Lipinski definition) is 4. The molecule has 3 fully saturated rings. The average molecular weight is 830 g/mol. The third kappa shape index (κ3) is 8.36. The lowest BCUT2D eigenvalue weighted by Gasteiger charge is -2.65. The Morgan fingerprint density at radius 1 is 0.983 bits per heavy atom. The predicted molar refractivity (Wildman–Crippen MR) is 211 cm³/mol. The fourth-order valence-electron chi connectivity index (χ4n) is 10.3. The molecule has 0 bridgehead atoms. The number of carbonyl (C=O) groups is 5. The van der Waals surface area contributed by atoms with Gasteiger partial charge in [0, 0.05) is 38.0 Å². The molecule has 0 radical (unpaired) electrons. The quantitative estimate of drug-likeness (QED) is 0.137. The minimum Gasteiger partial charge on any atom is -0.458 e. The molecule has 1 aromatic carbocycles. The van der Waals surface area contributed by atoms with Crippen molar-refractivity contribution < 1.29 is 67.7 Å². The first-order chi connectivity index (χ1) is 27.2. The fourth-order valence-corrected chi connectivity index (χ4v) is 10.3. The first-order valence-electron chi connectivity index (χ1n) is 20.4. The van der Waals surface area contributed by atoms with Crippen LogP contribution < -0.4 is 5.32 Å². The van der Waals surface area contributed by atoms with E-state index in [0.29, 0.717) is 11.1 Å². The van der Waals surface area contributed by atoms with Gasteiger partial charge in [-0.3, -0.25) is 9.59 Å². The second-order valence-corrected chi connectivity index (χ2v) is 19.0. The van der Waals surface area contributed by atoms with Gasteiger partial charge in [-0.2, -0.15) is 0 Å². The summed E-state index contributed by atoms with van der Waals surface area (Å²) in [6.07, 6.45) is -8.61. The van der Waals surface area contributed by atoms with E-state index in [-0.39, 0.29) is 37.4 Å². The Balaban J connectivity index is 1.73. The number of fused-ring (bicyclic) bond motifs is 4. The molecule has 4 N–H and O–H groups in total. The molecule has 0 spiro atoms. The van der Waals surface area contributed by atoms with Gasteiger partial charge in [0.15, 0.2) is 11.7 Å². The summed E-state index contributed by atoms with van der Waals surface area (Å²) in [5, 5.41) is 39.1. The lowest BCUT2D eigenvalue weighted by atomic mass is 9.48. The van der Waals surface area contributed by atoms with Crippen LogP contribution in [-0.4, -0.2) is 111 Å². The largest absolute Gasteiger partial charge is 0.458 e. The molecule has 2 saturated carbocycles. The van der Waals surface area contributed by atoms with Crippen molar-refractivity contribution in [3.05, 3.63) is 47.0 Å². The van der Waals surface area contributed by atoms with Gasteiger partial charge >= 0.3 is 30.0 Å². The molecule has 0 aromatic heterocycles. The topological polar surface area (TPSA) is 213 Å². The highest BCUT2D eigenvalue weighted by atomic mass is 16.6. The monoisotopic (exact) mass is 829 g/mol. The van der Waals surface area contributed by atoms with E-state index in [9.17, 15) is 39.3 Å². The van der Waals surface area contributed by atoms with Crippen molar-refractivity contribution in [2.45, 2.75) is 162 Å². The number of aliphatic hydroxyl groups is 3. The fraction of sp³-hybridized carbons (Fsp3) is 0.705. The third-order valence-corrected chi connectivity index (χ3v) is 13.1. The highest BCUT2D eigenvalue weighted by Crippen LogP contribution is 2.69. The summed E-state index contributed by atoms with van der Waals surface area (Å²) in [6, 6.07) is 7.07. The van der Waals surface area contributed by atoms with Crippen molar-refractivity contribution >= 4 is 30.0 Å². The summed E-state index contributed by atoms with van der Waals surface area (Å²) in [6.45, 7) is 19.4. The van der Waals surface area contributed by atoms with Crippen LogP contribution in [-0.2, 0) is 42.8 Å². The van der Waals surface area contributed by atoms with Crippen LogP contribution in [0.4, 0.5) is 4.79 Å². The summed E-state index contributed by atoms with van der Waals surface area (Å²) in [7, 11) is 0. The smallest absolute Gasteiger partial charge is 0.407 e. The molecular formula is C44H63NO14.